The molecule has 2 aromatic rings. The lowest BCUT2D eigenvalue weighted by atomic mass is 9.97. The molecule has 0 saturated heterocycles. The van der Waals surface area contributed by atoms with Crippen molar-refractivity contribution in [3.63, 3.8) is 0 Å². The SMILES string of the molecule is CC(CC(=O)NNC(=O)CN1CCCc2ccccc21)c1cccc(F)c1. The number of hydrogen-bond donors (Lipinski definition) is 2. The van der Waals surface area contributed by atoms with Gasteiger partial charge in [-0.3, -0.25) is 20.4 Å². The van der Waals surface area contributed by atoms with Gasteiger partial charge in [0.25, 0.3) is 5.91 Å². The molecule has 1 aliphatic rings. The lowest BCUT2D eigenvalue weighted by molar-refractivity contribution is -0.128. The monoisotopic (exact) mass is 369 g/mol. The normalized spacial score (nSPS) is 14.2. The van der Waals surface area contributed by atoms with Gasteiger partial charge in [-0.05, 0) is 48.1 Å². The van der Waals surface area contributed by atoms with Gasteiger partial charge < -0.3 is 4.90 Å². The minimum atomic E-state index is -0.324. The minimum Gasteiger partial charge on any atom is -0.362 e. The van der Waals surface area contributed by atoms with E-state index in [1.165, 1.54) is 17.7 Å². The zero-order valence-corrected chi connectivity index (χ0v) is 15.4. The summed E-state index contributed by atoms with van der Waals surface area (Å²) in [5.74, 6) is -1.04. The molecule has 1 unspecified atom stereocenters. The van der Waals surface area contributed by atoms with Crippen molar-refractivity contribution in [2.24, 2.45) is 0 Å². The van der Waals surface area contributed by atoms with Crippen LogP contribution < -0.4 is 15.8 Å². The lowest BCUT2D eigenvalue weighted by Crippen LogP contribution is -2.47. The van der Waals surface area contributed by atoms with Crippen LogP contribution in [0, 0.1) is 5.82 Å². The lowest BCUT2D eigenvalue weighted by Gasteiger charge is -2.30. The second-order valence-corrected chi connectivity index (χ2v) is 6.91. The van der Waals surface area contributed by atoms with E-state index in [0.29, 0.717) is 0 Å². The van der Waals surface area contributed by atoms with Crippen molar-refractivity contribution in [3.8, 4) is 0 Å². The summed E-state index contributed by atoms with van der Waals surface area (Å²) in [5, 5.41) is 0. The topological polar surface area (TPSA) is 61.4 Å². The fourth-order valence-corrected chi connectivity index (χ4v) is 3.39. The van der Waals surface area contributed by atoms with Gasteiger partial charge in [0.05, 0.1) is 6.54 Å². The number of aryl methyl sites for hydroxylation is 1. The number of nitrogens with zero attached hydrogens (tertiary/aromatic N) is 1. The van der Waals surface area contributed by atoms with E-state index >= 15 is 0 Å². The fraction of sp³-hybridized carbons (Fsp3) is 0.333. The van der Waals surface area contributed by atoms with E-state index in [4.69, 9.17) is 0 Å². The number of carbonyl (C=O) groups is 2. The van der Waals surface area contributed by atoms with Crippen LogP contribution in [0.2, 0.25) is 0 Å². The Bertz CT molecular complexity index is 825. The number of nitrogens with one attached hydrogen (secondary N) is 2. The molecule has 5 nitrogen and oxygen atoms in total. The van der Waals surface area contributed by atoms with Gasteiger partial charge in [0.15, 0.2) is 0 Å². The van der Waals surface area contributed by atoms with Crippen molar-refractivity contribution in [3.05, 3.63) is 65.5 Å². The quantitative estimate of drug-likeness (QED) is 0.797. The summed E-state index contributed by atoms with van der Waals surface area (Å²) >= 11 is 0. The van der Waals surface area contributed by atoms with Gasteiger partial charge in [-0.1, -0.05) is 37.3 Å². The first-order valence-corrected chi connectivity index (χ1v) is 9.19. The van der Waals surface area contributed by atoms with Gasteiger partial charge in [-0.25, -0.2) is 4.39 Å². The highest BCUT2D eigenvalue weighted by Gasteiger charge is 2.19. The number of hydrogen-bond acceptors (Lipinski definition) is 3. The Morgan fingerprint density at radius 2 is 1.89 bits per heavy atom. The number of rotatable bonds is 5. The number of fused-ring (bicyclic) bond motifs is 1. The third-order valence-electron chi connectivity index (χ3n) is 4.79. The number of carbonyl (C=O) groups excluding carboxylic acids is 2. The highest BCUT2D eigenvalue weighted by molar-refractivity contribution is 5.85. The summed E-state index contributed by atoms with van der Waals surface area (Å²) in [4.78, 5) is 26.3. The maximum Gasteiger partial charge on any atom is 0.257 e. The average molecular weight is 369 g/mol. The Labute approximate surface area is 158 Å². The standard InChI is InChI=1S/C21H24FN3O2/c1-15(17-7-4-9-18(22)13-17)12-20(26)23-24-21(27)14-25-11-5-8-16-6-2-3-10-19(16)25/h2-4,6-7,9-10,13,15H,5,8,11-12,14H2,1H3,(H,23,26)(H,24,27). The molecular formula is C21H24FN3O2. The fourth-order valence-electron chi connectivity index (χ4n) is 3.39. The van der Waals surface area contributed by atoms with Crippen LogP contribution in [-0.2, 0) is 16.0 Å². The maximum absolute atomic E-state index is 13.3. The van der Waals surface area contributed by atoms with Gasteiger partial charge in [0, 0.05) is 18.7 Å². The van der Waals surface area contributed by atoms with Crippen LogP contribution >= 0.6 is 0 Å². The summed E-state index contributed by atoms with van der Waals surface area (Å²) < 4.78 is 13.3. The summed E-state index contributed by atoms with van der Waals surface area (Å²) in [6.45, 7) is 2.85. The van der Waals surface area contributed by atoms with Gasteiger partial charge in [0.2, 0.25) is 5.91 Å². The molecule has 6 heteroatoms. The van der Waals surface area contributed by atoms with Gasteiger partial charge >= 0.3 is 0 Å². The highest BCUT2D eigenvalue weighted by Crippen LogP contribution is 2.26. The Morgan fingerprint density at radius 1 is 1.11 bits per heavy atom. The molecule has 3 rings (SSSR count). The van der Waals surface area contributed by atoms with E-state index in [2.05, 4.69) is 16.9 Å². The highest BCUT2D eigenvalue weighted by atomic mass is 19.1. The molecule has 1 heterocycles. The average Bonchev–Trinajstić information content (AvgIpc) is 2.67. The van der Waals surface area contributed by atoms with Crippen molar-refractivity contribution in [2.45, 2.75) is 32.1 Å². The van der Waals surface area contributed by atoms with Crippen molar-refractivity contribution in [1.82, 2.24) is 10.9 Å². The van der Waals surface area contributed by atoms with E-state index < -0.39 is 0 Å². The predicted octanol–water partition coefficient (Wildman–Crippen LogP) is 2.92. The molecule has 0 saturated carbocycles. The molecule has 1 aliphatic heterocycles. The molecular weight excluding hydrogens is 345 g/mol. The van der Waals surface area contributed by atoms with E-state index in [9.17, 15) is 14.0 Å². The molecule has 0 aliphatic carbocycles. The van der Waals surface area contributed by atoms with Crippen LogP contribution in [0.5, 0.6) is 0 Å². The predicted molar refractivity (Wildman–Crippen MR) is 103 cm³/mol. The molecule has 0 radical (unpaired) electrons. The molecule has 0 bridgehead atoms. The Hall–Kier alpha value is -2.89. The third kappa shape index (κ3) is 5.06. The summed E-state index contributed by atoms with van der Waals surface area (Å²) in [6, 6.07) is 14.3. The number of halogens is 1. The second-order valence-electron chi connectivity index (χ2n) is 6.91. The third-order valence-corrected chi connectivity index (χ3v) is 4.79. The molecule has 27 heavy (non-hydrogen) atoms. The van der Waals surface area contributed by atoms with E-state index in [-0.39, 0.29) is 36.5 Å². The molecule has 142 valence electrons. The van der Waals surface area contributed by atoms with Gasteiger partial charge in [0.1, 0.15) is 5.82 Å². The van der Waals surface area contributed by atoms with E-state index in [0.717, 1.165) is 30.6 Å². The maximum atomic E-state index is 13.3. The van der Waals surface area contributed by atoms with Gasteiger partial charge in [-0.15, -0.1) is 0 Å². The molecule has 2 N–H and O–H groups in total. The minimum absolute atomic E-state index is 0.147. The smallest absolute Gasteiger partial charge is 0.257 e. The summed E-state index contributed by atoms with van der Waals surface area (Å²) in [5.41, 5.74) is 7.99. The molecule has 2 aromatic carbocycles. The van der Waals surface area contributed by atoms with Crippen LogP contribution in [0.3, 0.4) is 0 Å². The van der Waals surface area contributed by atoms with Crippen LogP contribution in [0.15, 0.2) is 48.5 Å². The molecule has 2 amide bonds. The van der Waals surface area contributed by atoms with Crippen LogP contribution in [0.25, 0.3) is 0 Å². The molecule has 0 spiro atoms. The van der Waals surface area contributed by atoms with E-state index in [1.54, 1.807) is 12.1 Å². The van der Waals surface area contributed by atoms with Crippen molar-refractivity contribution >= 4 is 17.5 Å². The number of benzene rings is 2. The second kappa shape index (κ2) is 8.66. The molecule has 1 atom stereocenters. The Kier molecular flexibility index (Phi) is 6.06. The molecule has 0 aromatic heterocycles. The summed E-state index contributed by atoms with van der Waals surface area (Å²) in [7, 11) is 0. The Balaban J connectivity index is 1.47. The number of amides is 2. The van der Waals surface area contributed by atoms with Crippen LogP contribution in [0.4, 0.5) is 10.1 Å². The Morgan fingerprint density at radius 3 is 2.70 bits per heavy atom. The zero-order chi connectivity index (χ0) is 19.2. The van der Waals surface area contributed by atoms with E-state index in [1.807, 2.05) is 30.0 Å². The first kappa shape index (κ1) is 18.9. The van der Waals surface area contributed by atoms with Crippen molar-refractivity contribution < 1.29 is 14.0 Å². The molecule has 0 fully saturated rings. The number of para-hydroxylation sites is 1. The van der Waals surface area contributed by atoms with Crippen LogP contribution in [0.1, 0.15) is 36.8 Å². The first-order valence-electron chi connectivity index (χ1n) is 9.19. The number of anilines is 1. The van der Waals surface area contributed by atoms with Crippen molar-refractivity contribution in [1.29, 1.82) is 0 Å². The zero-order valence-electron chi connectivity index (χ0n) is 15.4. The summed E-state index contributed by atoms with van der Waals surface area (Å²) in [6.07, 6.45) is 2.18. The van der Waals surface area contributed by atoms with Gasteiger partial charge in [-0.2, -0.15) is 0 Å². The first-order chi connectivity index (χ1) is 13.0. The van der Waals surface area contributed by atoms with Crippen LogP contribution in [-0.4, -0.2) is 24.9 Å². The number of hydrazine groups is 1. The largest absolute Gasteiger partial charge is 0.362 e. The van der Waals surface area contributed by atoms with Crippen molar-refractivity contribution in [2.75, 3.05) is 18.0 Å².